The van der Waals surface area contributed by atoms with E-state index < -0.39 is 0 Å². The van der Waals surface area contributed by atoms with Gasteiger partial charge in [0.1, 0.15) is 0 Å². The summed E-state index contributed by atoms with van der Waals surface area (Å²) in [4.78, 5) is 29.9. The number of benzene rings is 1. The van der Waals surface area contributed by atoms with Gasteiger partial charge in [-0.05, 0) is 49.1 Å². The average Bonchev–Trinajstić information content (AvgIpc) is 3.20. The summed E-state index contributed by atoms with van der Waals surface area (Å²) in [5.41, 5.74) is 2.30. The second-order valence-corrected chi connectivity index (χ2v) is 9.72. The summed E-state index contributed by atoms with van der Waals surface area (Å²) in [6.07, 6.45) is 6.97. The lowest BCUT2D eigenvalue weighted by Gasteiger charge is -2.33. The van der Waals surface area contributed by atoms with Crippen LogP contribution < -0.4 is 0 Å². The van der Waals surface area contributed by atoms with Gasteiger partial charge in [0.05, 0.1) is 19.7 Å². The molecule has 0 N–H and O–H groups in total. The standard InChI is InChI=1S/C26H36BrN3O3/c1-3-4-14-29(25(31)20-30(16-17-33-2)26(32)22-7-5-8-22)19-24-9-6-15-28(24)18-21-10-12-23(27)13-11-21/h6,9-13,15,22H,3-5,7-8,14,16-20H2,1-2H3. The van der Waals surface area contributed by atoms with Gasteiger partial charge in [0, 0.05) is 49.0 Å². The number of halogens is 1. The Hall–Kier alpha value is -2.12. The molecular weight excluding hydrogens is 482 g/mol. The molecule has 180 valence electrons. The molecule has 0 unspecified atom stereocenters. The molecule has 0 saturated heterocycles. The quantitative estimate of drug-likeness (QED) is 0.386. The summed E-state index contributed by atoms with van der Waals surface area (Å²) in [7, 11) is 1.63. The molecule has 2 amide bonds. The number of carbonyl (C=O) groups excluding carboxylic acids is 2. The Bertz CT molecular complexity index is 892. The van der Waals surface area contributed by atoms with Gasteiger partial charge in [-0.3, -0.25) is 9.59 Å². The topological polar surface area (TPSA) is 54.8 Å². The molecule has 1 fully saturated rings. The number of aromatic nitrogens is 1. The molecule has 0 atom stereocenters. The number of unbranched alkanes of at least 4 members (excludes halogenated alkanes) is 1. The molecule has 1 aliphatic rings. The summed E-state index contributed by atoms with van der Waals surface area (Å²) in [6.45, 7) is 5.13. The van der Waals surface area contributed by atoms with Crippen LogP contribution in [-0.2, 0) is 27.4 Å². The first-order valence-corrected chi connectivity index (χ1v) is 12.7. The van der Waals surface area contributed by atoms with E-state index in [0.717, 1.165) is 48.8 Å². The average molecular weight is 518 g/mol. The van der Waals surface area contributed by atoms with Crippen LogP contribution in [0.15, 0.2) is 47.1 Å². The highest BCUT2D eigenvalue weighted by Crippen LogP contribution is 2.28. The van der Waals surface area contributed by atoms with E-state index in [-0.39, 0.29) is 24.3 Å². The number of amides is 2. The van der Waals surface area contributed by atoms with Crippen molar-refractivity contribution in [2.45, 2.75) is 52.1 Å². The number of hydrogen-bond acceptors (Lipinski definition) is 3. The summed E-state index contributed by atoms with van der Waals surface area (Å²) in [6, 6.07) is 12.4. The van der Waals surface area contributed by atoms with Crippen LogP contribution >= 0.6 is 15.9 Å². The third-order valence-corrected chi connectivity index (χ3v) is 6.86. The summed E-state index contributed by atoms with van der Waals surface area (Å²) < 4.78 is 8.45. The molecule has 1 aliphatic carbocycles. The summed E-state index contributed by atoms with van der Waals surface area (Å²) >= 11 is 3.49. The monoisotopic (exact) mass is 517 g/mol. The number of carbonyl (C=O) groups is 2. The van der Waals surface area contributed by atoms with Crippen LogP contribution in [0.3, 0.4) is 0 Å². The smallest absolute Gasteiger partial charge is 0.242 e. The van der Waals surface area contributed by atoms with Crippen LogP contribution in [-0.4, -0.2) is 59.5 Å². The van der Waals surface area contributed by atoms with Crippen molar-refractivity contribution in [2.75, 3.05) is 33.4 Å². The Morgan fingerprint density at radius 2 is 1.88 bits per heavy atom. The van der Waals surface area contributed by atoms with Gasteiger partial charge >= 0.3 is 0 Å². The van der Waals surface area contributed by atoms with E-state index in [4.69, 9.17) is 4.74 Å². The highest BCUT2D eigenvalue weighted by atomic mass is 79.9. The first kappa shape index (κ1) is 25.5. The minimum atomic E-state index is 0.00335. The Morgan fingerprint density at radius 3 is 2.52 bits per heavy atom. The first-order valence-electron chi connectivity index (χ1n) is 12.0. The molecule has 2 aromatic rings. The molecule has 0 spiro atoms. The van der Waals surface area contributed by atoms with E-state index in [9.17, 15) is 9.59 Å². The normalized spacial score (nSPS) is 13.5. The van der Waals surface area contributed by atoms with Crippen LogP contribution in [0.1, 0.15) is 50.3 Å². The zero-order valence-corrected chi connectivity index (χ0v) is 21.4. The highest BCUT2D eigenvalue weighted by Gasteiger charge is 2.31. The molecule has 0 aliphatic heterocycles. The van der Waals surface area contributed by atoms with E-state index in [1.807, 2.05) is 23.1 Å². The maximum absolute atomic E-state index is 13.4. The molecule has 33 heavy (non-hydrogen) atoms. The molecule has 6 nitrogen and oxygen atoms in total. The van der Waals surface area contributed by atoms with E-state index >= 15 is 0 Å². The Balaban J connectivity index is 1.69. The third kappa shape index (κ3) is 7.44. The van der Waals surface area contributed by atoms with Gasteiger partial charge in [-0.25, -0.2) is 0 Å². The molecule has 0 bridgehead atoms. The second-order valence-electron chi connectivity index (χ2n) is 8.80. The highest BCUT2D eigenvalue weighted by molar-refractivity contribution is 9.10. The van der Waals surface area contributed by atoms with E-state index in [0.29, 0.717) is 26.2 Å². The Kier molecular flexibility index (Phi) is 10.0. The maximum atomic E-state index is 13.4. The molecule has 7 heteroatoms. The molecule has 3 rings (SSSR count). The number of rotatable bonds is 13. The molecule has 1 heterocycles. The van der Waals surface area contributed by atoms with Gasteiger partial charge in [-0.2, -0.15) is 0 Å². The minimum Gasteiger partial charge on any atom is -0.383 e. The van der Waals surface area contributed by atoms with Crippen molar-refractivity contribution in [1.29, 1.82) is 0 Å². The van der Waals surface area contributed by atoms with Gasteiger partial charge in [0.2, 0.25) is 11.8 Å². The van der Waals surface area contributed by atoms with E-state index in [2.05, 4.69) is 51.8 Å². The van der Waals surface area contributed by atoms with E-state index in [1.54, 1.807) is 12.0 Å². The van der Waals surface area contributed by atoms with Crippen molar-refractivity contribution >= 4 is 27.7 Å². The second kappa shape index (κ2) is 12.9. The number of methoxy groups -OCH3 is 1. The first-order chi connectivity index (χ1) is 16.0. The fraction of sp³-hybridized carbons (Fsp3) is 0.538. The van der Waals surface area contributed by atoms with Gasteiger partial charge < -0.3 is 19.1 Å². The fourth-order valence-electron chi connectivity index (χ4n) is 4.02. The summed E-state index contributed by atoms with van der Waals surface area (Å²) in [5, 5.41) is 0. The Labute approximate surface area is 206 Å². The van der Waals surface area contributed by atoms with Crippen molar-refractivity contribution in [3.63, 3.8) is 0 Å². The van der Waals surface area contributed by atoms with Crippen molar-refractivity contribution in [3.8, 4) is 0 Å². The van der Waals surface area contributed by atoms with Crippen LogP contribution in [0, 0.1) is 5.92 Å². The number of nitrogens with zero attached hydrogens (tertiary/aromatic N) is 3. The zero-order chi connectivity index (χ0) is 23.6. The van der Waals surface area contributed by atoms with Crippen LogP contribution in [0.5, 0.6) is 0 Å². The number of ether oxygens (including phenoxy) is 1. The fourth-order valence-corrected chi connectivity index (χ4v) is 4.28. The van der Waals surface area contributed by atoms with Crippen LogP contribution in [0.4, 0.5) is 0 Å². The van der Waals surface area contributed by atoms with Gasteiger partial charge in [0.15, 0.2) is 0 Å². The lowest BCUT2D eigenvalue weighted by Crippen LogP contribution is -2.47. The SMILES string of the molecule is CCCCN(Cc1cccn1Cc1ccc(Br)cc1)C(=O)CN(CCOC)C(=O)C1CCC1. The molecule has 1 aromatic heterocycles. The predicted octanol–water partition coefficient (Wildman–Crippen LogP) is 4.70. The molecular formula is C26H36BrN3O3. The van der Waals surface area contributed by atoms with Gasteiger partial charge in [-0.1, -0.05) is 47.8 Å². The van der Waals surface area contributed by atoms with Crippen LogP contribution in [0.25, 0.3) is 0 Å². The minimum absolute atomic E-state index is 0.00335. The zero-order valence-electron chi connectivity index (χ0n) is 19.8. The lowest BCUT2D eigenvalue weighted by molar-refractivity contribution is -0.145. The lowest BCUT2D eigenvalue weighted by atomic mass is 9.84. The van der Waals surface area contributed by atoms with E-state index in [1.165, 1.54) is 5.56 Å². The Morgan fingerprint density at radius 1 is 1.12 bits per heavy atom. The molecule has 1 aromatic carbocycles. The largest absolute Gasteiger partial charge is 0.383 e. The maximum Gasteiger partial charge on any atom is 0.242 e. The van der Waals surface area contributed by atoms with Gasteiger partial charge in [0.25, 0.3) is 0 Å². The van der Waals surface area contributed by atoms with Crippen molar-refractivity contribution in [3.05, 3.63) is 58.3 Å². The van der Waals surface area contributed by atoms with Gasteiger partial charge in [-0.15, -0.1) is 0 Å². The van der Waals surface area contributed by atoms with Crippen molar-refractivity contribution < 1.29 is 14.3 Å². The van der Waals surface area contributed by atoms with Crippen LogP contribution in [0.2, 0.25) is 0 Å². The van der Waals surface area contributed by atoms with Crippen molar-refractivity contribution in [2.24, 2.45) is 5.92 Å². The van der Waals surface area contributed by atoms with Crippen molar-refractivity contribution in [1.82, 2.24) is 14.4 Å². The third-order valence-electron chi connectivity index (χ3n) is 6.33. The number of hydrogen-bond donors (Lipinski definition) is 0. The molecule has 1 saturated carbocycles. The molecule has 0 radical (unpaired) electrons. The summed E-state index contributed by atoms with van der Waals surface area (Å²) in [5.74, 6) is 0.172. The predicted molar refractivity (Wildman–Crippen MR) is 134 cm³/mol.